The first-order valence-electron chi connectivity index (χ1n) is 11.1. The second-order valence-corrected chi connectivity index (χ2v) is 9.10. The summed E-state index contributed by atoms with van der Waals surface area (Å²) in [6.07, 6.45) is 1.83. The molecule has 0 spiro atoms. The van der Waals surface area contributed by atoms with Crippen LogP contribution < -0.4 is 16.2 Å². The number of thioether (sulfide) groups is 1. The van der Waals surface area contributed by atoms with Gasteiger partial charge >= 0.3 is 0 Å². The van der Waals surface area contributed by atoms with Crippen molar-refractivity contribution in [1.29, 1.82) is 0 Å². The van der Waals surface area contributed by atoms with Gasteiger partial charge in [0.2, 0.25) is 5.91 Å². The molecule has 1 saturated carbocycles. The molecule has 1 aliphatic rings. The highest BCUT2D eigenvalue weighted by Crippen LogP contribution is 2.36. The van der Waals surface area contributed by atoms with Crippen molar-refractivity contribution in [2.24, 2.45) is 0 Å². The van der Waals surface area contributed by atoms with E-state index in [9.17, 15) is 18.8 Å². The largest absolute Gasteiger partial charge is 0.325 e. The Balaban J connectivity index is 1.31. The number of hydrogen-bond donors (Lipinski definition) is 2. The molecule has 1 fully saturated rings. The van der Waals surface area contributed by atoms with Crippen molar-refractivity contribution >= 4 is 45.9 Å². The summed E-state index contributed by atoms with van der Waals surface area (Å²) in [5, 5.41) is 6.55. The van der Waals surface area contributed by atoms with Crippen LogP contribution in [-0.2, 0) is 4.79 Å². The van der Waals surface area contributed by atoms with Crippen LogP contribution in [0.25, 0.3) is 10.9 Å². The molecule has 1 heterocycles. The van der Waals surface area contributed by atoms with Crippen molar-refractivity contribution in [3.8, 4) is 0 Å². The molecule has 0 saturated heterocycles. The van der Waals surface area contributed by atoms with Gasteiger partial charge in [-0.05, 0) is 61.4 Å². The number of para-hydroxylation sites is 2. The first-order chi connectivity index (χ1) is 17.0. The lowest BCUT2D eigenvalue weighted by molar-refractivity contribution is -0.113. The van der Waals surface area contributed by atoms with Crippen LogP contribution in [0.2, 0.25) is 0 Å². The molecule has 7 nitrogen and oxygen atoms in total. The van der Waals surface area contributed by atoms with Gasteiger partial charge in [0.1, 0.15) is 5.82 Å². The molecule has 35 heavy (non-hydrogen) atoms. The van der Waals surface area contributed by atoms with Gasteiger partial charge in [0, 0.05) is 11.7 Å². The van der Waals surface area contributed by atoms with Crippen molar-refractivity contribution < 1.29 is 14.0 Å². The van der Waals surface area contributed by atoms with Crippen molar-refractivity contribution in [3.63, 3.8) is 0 Å². The number of carbonyl (C=O) groups excluding carboxylic acids is 2. The Hall–Kier alpha value is -3.98. The van der Waals surface area contributed by atoms with Crippen LogP contribution >= 0.6 is 11.8 Å². The van der Waals surface area contributed by atoms with E-state index in [1.54, 1.807) is 41.0 Å². The maximum absolute atomic E-state index is 13.1. The zero-order chi connectivity index (χ0) is 24.4. The average molecular weight is 489 g/mol. The molecule has 5 rings (SSSR count). The quantitative estimate of drug-likeness (QED) is 0.286. The molecule has 1 aromatic heterocycles. The summed E-state index contributed by atoms with van der Waals surface area (Å²) in [5.74, 6) is -1.15. The highest BCUT2D eigenvalue weighted by atomic mass is 32.2. The zero-order valence-corrected chi connectivity index (χ0v) is 19.3. The Bertz CT molecular complexity index is 1480. The topological polar surface area (TPSA) is 93.1 Å². The predicted octanol–water partition coefficient (Wildman–Crippen LogP) is 4.85. The van der Waals surface area contributed by atoms with E-state index in [0.717, 1.165) is 12.8 Å². The van der Waals surface area contributed by atoms with Gasteiger partial charge in [0.15, 0.2) is 5.16 Å². The van der Waals surface area contributed by atoms with E-state index in [0.29, 0.717) is 27.4 Å². The van der Waals surface area contributed by atoms with Crippen LogP contribution in [0.3, 0.4) is 0 Å². The molecule has 1 aliphatic carbocycles. The van der Waals surface area contributed by atoms with Crippen LogP contribution in [0.1, 0.15) is 29.2 Å². The minimum atomic E-state index is -0.432. The summed E-state index contributed by atoms with van der Waals surface area (Å²) in [6, 6.07) is 19.4. The van der Waals surface area contributed by atoms with Gasteiger partial charge in [-0.2, -0.15) is 0 Å². The van der Waals surface area contributed by atoms with Crippen molar-refractivity contribution in [2.45, 2.75) is 24.0 Å². The molecule has 176 valence electrons. The zero-order valence-electron chi connectivity index (χ0n) is 18.5. The Labute approximate surface area is 204 Å². The van der Waals surface area contributed by atoms with Gasteiger partial charge in [-0.3, -0.25) is 19.0 Å². The van der Waals surface area contributed by atoms with Gasteiger partial charge < -0.3 is 10.6 Å². The lowest BCUT2D eigenvalue weighted by Gasteiger charge is -2.13. The second-order valence-electron chi connectivity index (χ2n) is 8.16. The van der Waals surface area contributed by atoms with Crippen LogP contribution in [0.4, 0.5) is 15.8 Å². The van der Waals surface area contributed by atoms with Gasteiger partial charge in [-0.25, -0.2) is 9.37 Å². The molecule has 2 N–H and O–H groups in total. The van der Waals surface area contributed by atoms with E-state index in [1.165, 1.54) is 36.0 Å². The number of nitrogens with zero attached hydrogens (tertiary/aromatic N) is 2. The van der Waals surface area contributed by atoms with Crippen LogP contribution in [-0.4, -0.2) is 27.1 Å². The Kier molecular flexibility index (Phi) is 6.33. The Morgan fingerprint density at radius 1 is 0.971 bits per heavy atom. The maximum Gasteiger partial charge on any atom is 0.262 e. The summed E-state index contributed by atoms with van der Waals surface area (Å²) in [6.45, 7) is 0. The summed E-state index contributed by atoms with van der Waals surface area (Å²) in [5.41, 5.74) is 1.56. The third-order valence-corrected chi connectivity index (χ3v) is 6.52. The van der Waals surface area contributed by atoms with Crippen LogP contribution in [0, 0.1) is 5.82 Å². The Morgan fingerprint density at radius 2 is 1.69 bits per heavy atom. The van der Waals surface area contributed by atoms with E-state index in [1.807, 2.05) is 12.1 Å². The van der Waals surface area contributed by atoms with Crippen LogP contribution in [0.15, 0.2) is 82.7 Å². The smallest absolute Gasteiger partial charge is 0.262 e. The molecule has 2 amide bonds. The van der Waals surface area contributed by atoms with E-state index >= 15 is 0 Å². The number of anilines is 2. The highest BCUT2D eigenvalue weighted by molar-refractivity contribution is 7.99. The number of aromatic nitrogens is 2. The fraction of sp³-hybridized carbons (Fsp3) is 0.154. The SMILES string of the molecule is O=C(CSc1nc2ccccc2c(=O)n1C1CC1)Nc1ccccc1C(=O)Nc1ccc(F)cc1. The molecule has 0 atom stereocenters. The molecule has 0 radical (unpaired) electrons. The first-order valence-corrected chi connectivity index (χ1v) is 12.1. The molecular formula is C26H21FN4O3S. The monoisotopic (exact) mass is 488 g/mol. The highest BCUT2D eigenvalue weighted by Gasteiger charge is 2.28. The number of amides is 2. The molecule has 0 unspecified atom stereocenters. The average Bonchev–Trinajstić information content (AvgIpc) is 3.70. The van der Waals surface area contributed by atoms with Crippen LogP contribution in [0.5, 0.6) is 0 Å². The van der Waals surface area contributed by atoms with E-state index in [4.69, 9.17) is 0 Å². The van der Waals surface area contributed by atoms with Gasteiger partial charge in [-0.1, -0.05) is 36.0 Å². The van der Waals surface area contributed by atoms with E-state index in [-0.39, 0.29) is 28.8 Å². The van der Waals surface area contributed by atoms with E-state index < -0.39 is 11.7 Å². The standard InChI is InChI=1S/C26H21FN4O3S/c27-16-9-11-17(12-10-16)28-24(33)19-5-1-3-7-21(19)29-23(32)15-35-26-30-22-8-4-2-6-20(22)25(34)31(26)18-13-14-18/h1-12,18H,13-15H2,(H,28,33)(H,29,32). The minimum absolute atomic E-state index is 0.0193. The summed E-state index contributed by atoms with van der Waals surface area (Å²) < 4.78 is 14.8. The second kappa shape index (κ2) is 9.71. The minimum Gasteiger partial charge on any atom is -0.325 e. The summed E-state index contributed by atoms with van der Waals surface area (Å²) in [4.78, 5) is 43.2. The normalized spacial score (nSPS) is 12.9. The third kappa shape index (κ3) is 5.09. The lowest BCUT2D eigenvalue weighted by atomic mass is 10.1. The molecule has 0 aliphatic heterocycles. The Morgan fingerprint density at radius 3 is 2.46 bits per heavy atom. The number of nitrogens with one attached hydrogen (secondary N) is 2. The maximum atomic E-state index is 13.1. The number of halogens is 1. The molecule has 4 aromatic rings. The number of hydrogen-bond acceptors (Lipinski definition) is 5. The van der Waals surface area contributed by atoms with Crippen molar-refractivity contribution in [1.82, 2.24) is 9.55 Å². The first kappa shape index (κ1) is 22.8. The molecular weight excluding hydrogens is 467 g/mol. The summed E-state index contributed by atoms with van der Waals surface area (Å²) in [7, 11) is 0. The number of fused-ring (bicyclic) bond motifs is 1. The van der Waals surface area contributed by atoms with E-state index in [2.05, 4.69) is 15.6 Å². The number of rotatable bonds is 7. The van der Waals surface area contributed by atoms with Crippen molar-refractivity contribution in [3.05, 3.63) is 94.5 Å². The molecule has 9 heteroatoms. The van der Waals surface area contributed by atoms with Gasteiger partial charge in [0.25, 0.3) is 11.5 Å². The van der Waals surface area contributed by atoms with Crippen molar-refractivity contribution in [2.75, 3.05) is 16.4 Å². The van der Waals surface area contributed by atoms with Gasteiger partial charge in [0.05, 0.1) is 27.9 Å². The lowest BCUT2D eigenvalue weighted by Crippen LogP contribution is -2.24. The third-order valence-electron chi connectivity index (χ3n) is 5.57. The summed E-state index contributed by atoms with van der Waals surface area (Å²) >= 11 is 1.19. The fourth-order valence-corrected chi connectivity index (χ4v) is 4.59. The van der Waals surface area contributed by atoms with Gasteiger partial charge in [-0.15, -0.1) is 0 Å². The predicted molar refractivity (Wildman–Crippen MR) is 134 cm³/mol. The number of carbonyl (C=O) groups is 2. The molecule has 3 aromatic carbocycles. The molecule has 0 bridgehead atoms. The fourth-order valence-electron chi connectivity index (χ4n) is 3.72. The number of benzene rings is 3.